The summed E-state index contributed by atoms with van der Waals surface area (Å²) in [5.74, 6) is -0.226. The third-order valence-corrected chi connectivity index (χ3v) is 7.96. The molecule has 0 aliphatic heterocycles. The number of carbonyl (C=O) groups is 1. The van der Waals surface area contributed by atoms with Crippen molar-refractivity contribution in [1.29, 1.82) is 0 Å². The predicted molar refractivity (Wildman–Crippen MR) is 121 cm³/mol. The van der Waals surface area contributed by atoms with Gasteiger partial charge in [0.05, 0.1) is 12.0 Å². The first-order chi connectivity index (χ1) is 13.7. The van der Waals surface area contributed by atoms with Crippen LogP contribution in [0.3, 0.4) is 0 Å². The van der Waals surface area contributed by atoms with Crippen molar-refractivity contribution in [2.24, 2.45) is 5.41 Å². The van der Waals surface area contributed by atoms with Gasteiger partial charge in [-0.15, -0.1) is 0 Å². The minimum Gasteiger partial charge on any atom is -0.465 e. The first-order valence-electron chi connectivity index (χ1n) is 9.90. The first kappa shape index (κ1) is 26.2. The molecule has 0 unspecified atom stereocenters. The molecule has 1 aromatic rings. The van der Waals surface area contributed by atoms with Gasteiger partial charge in [-0.05, 0) is 76.4 Å². The summed E-state index contributed by atoms with van der Waals surface area (Å²) in [6.45, 7) is 13.0. The van der Waals surface area contributed by atoms with Gasteiger partial charge in [0.25, 0.3) is 0 Å². The van der Waals surface area contributed by atoms with Crippen LogP contribution in [0.5, 0.6) is 0 Å². The van der Waals surface area contributed by atoms with Gasteiger partial charge >= 0.3 is 14.8 Å². The summed E-state index contributed by atoms with van der Waals surface area (Å²) in [7, 11) is -2.99. The van der Waals surface area contributed by atoms with E-state index in [-0.39, 0.29) is 12.6 Å². The minimum atomic E-state index is -2.99. The van der Waals surface area contributed by atoms with Gasteiger partial charge in [0.15, 0.2) is 0 Å². The number of hydrogen-bond donors (Lipinski definition) is 0. The van der Waals surface area contributed by atoms with E-state index in [0.717, 1.165) is 9.80 Å². The maximum absolute atomic E-state index is 12.1. The number of carbonyl (C=O) groups excluding carboxylic acids is 1. The lowest BCUT2D eigenvalue weighted by atomic mass is 9.97. The zero-order valence-corrected chi connectivity index (χ0v) is 20.8. The normalized spacial score (nSPS) is 12.9. The Morgan fingerprint density at radius 2 is 1.55 bits per heavy atom. The maximum atomic E-state index is 12.1. The first-order valence-corrected chi connectivity index (χ1v) is 12.9. The van der Waals surface area contributed by atoms with Crippen LogP contribution in [0.1, 0.15) is 48.0 Å². The van der Waals surface area contributed by atoms with E-state index in [1.807, 2.05) is 71.5 Å². The molecule has 29 heavy (non-hydrogen) atoms. The third kappa shape index (κ3) is 9.68. The van der Waals surface area contributed by atoms with Crippen LogP contribution < -0.4 is 0 Å². The SMILES string of the molecule is CCO[Si](/C=C(\CCOC(=O)C(C)(C)C)Sc1ccc(Cl)cc1)(OCC)OCC. The molecule has 0 radical (unpaired) electrons. The molecule has 164 valence electrons. The van der Waals surface area contributed by atoms with Crippen LogP contribution in [0.2, 0.25) is 5.02 Å². The number of halogens is 1. The van der Waals surface area contributed by atoms with Crippen LogP contribution in [0, 0.1) is 5.41 Å². The number of hydrogen-bond acceptors (Lipinski definition) is 6. The fourth-order valence-corrected chi connectivity index (χ4v) is 6.12. The highest BCUT2D eigenvalue weighted by Crippen LogP contribution is 2.32. The van der Waals surface area contributed by atoms with Crippen LogP contribution in [0.4, 0.5) is 0 Å². The van der Waals surface area contributed by atoms with Crippen LogP contribution in [0.15, 0.2) is 39.8 Å². The van der Waals surface area contributed by atoms with Gasteiger partial charge in [0, 0.05) is 36.2 Å². The average molecular weight is 461 g/mol. The summed E-state index contributed by atoms with van der Waals surface area (Å²) in [6.07, 6.45) is 0.539. The summed E-state index contributed by atoms with van der Waals surface area (Å²) in [5.41, 5.74) is 1.43. The molecule has 5 nitrogen and oxygen atoms in total. The molecule has 1 aromatic carbocycles. The molecule has 0 aliphatic carbocycles. The van der Waals surface area contributed by atoms with Crippen LogP contribution in [-0.2, 0) is 22.8 Å². The molecule has 0 bridgehead atoms. The van der Waals surface area contributed by atoms with E-state index in [0.29, 0.717) is 31.3 Å². The molecular formula is C21H33ClO5SSi. The summed E-state index contributed by atoms with van der Waals surface area (Å²) in [5, 5.41) is 0.681. The summed E-state index contributed by atoms with van der Waals surface area (Å²) in [4.78, 5) is 14.1. The Hall–Kier alpha value is -0.833. The molecule has 0 atom stereocenters. The van der Waals surface area contributed by atoms with E-state index in [2.05, 4.69) is 0 Å². The van der Waals surface area contributed by atoms with Crippen molar-refractivity contribution in [3.8, 4) is 0 Å². The van der Waals surface area contributed by atoms with E-state index in [4.69, 9.17) is 29.6 Å². The van der Waals surface area contributed by atoms with Crippen molar-refractivity contribution in [2.75, 3.05) is 26.4 Å². The maximum Gasteiger partial charge on any atom is 0.530 e. The van der Waals surface area contributed by atoms with Crippen molar-refractivity contribution >= 4 is 38.1 Å². The minimum absolute atomic E-state index is 0.226. The molecule has 0 fully saturated rings. The highest BCUT2D eigenvalue weighted by Gasteiger charge is 2.39. The third-order valence-electron chi connectivity index (χ3n) is 3.63. The van der Waals surface area contributed by atoms with Crippen molar-refractivity contribution < 1.29 is 22.8 Å². The molecular weight excluding hydrogens is 428 g/mol. The Bertz CT molecular complexity index is 641. The van der Waals surface area contributed by atoms with E-state index >= 15 is 0 Å². The van der Waals surface area contributed by atoms with Crippen molar-refractivity contribution in [3.63, 3.8) is 0 Å². The van der Waals surface area contributed by atoms with Gasteiger partial charge in [-0.25, -0.2) is 0 Å². The number of rotatable bonds is 12. The average Bonchev–Trinajstić information content (AvgIpc) is 2.63. The standard InChI is InChI=1S/C21H33ClO5SSi/c1-7-25-29(26-8-2,27-9-3)16-19(14-15-24-20(23)21(4,5)6)28-18-12-10-17(22)11-13-18/h10-13,16H,7-9,14-15H2,1-6H3/b19-16+. The van der Waals surface area contributed by atoms with Crippen LogP contribution in [-0.4, -0.2) is 41.2 Å². The van der Waals surface area contributed by atoms with Crippen LogP contribution >= 0.6 is 23.4 Å². The molecule has 0 saturated carbocycles. The largest absolute Gasteiger partial charge is 0.530 e. The smallest absolute Gasteiger partial charge is 0.465 e. The lowest BCUT2D eigenvalue weighted by molar-refractivity contribution is -0.152. The van der Waals surface area contributed by atoms with Gasteiger partial charge in [0.1, 0.15) is 0 Å². The van der Waals surface area contributed by atoms with Gasteiger partial charge in [-0.1, -0.05) is 23.4 Å². The highest BCUT2D eigenvalue weighted by molar-refractivity contribution is 8.03. The number of esters is 1. The van der Waals surface area contributed by atoms with E-state index in [1.54, 1.807) is 11.8 Å². The number of thioether (sulfide) groups is 1. The monoisotopic (exact) mass is 460 g/mol. The lowest BCUT2D eigenvalue weighted by Crippen LogP contribution is -2.44. The topological polar surface area (TPSA) is 54.0 Å². The fraction of sp³-hybridized carbons (Fsp3) is 0.571. The summed E-state index contributed by atoms with van der Waals surface area (Å²) in [6, 6.07) is 7.60. The summed E-state index contributed by atoms with van der Waals surface area (Å²) >= 11 is 7.57. The molecule has 0 N–H and O–H groups in total. The molecule has 0 spiro atoms. The molecule has 0 heterocycles. The Morgan fingerprint density at radius 3 is 2.00 bits per heavy atom. The molecule has 0 aliphatic rings. The second kappa shape index (κ2) is 12.8. The Kier molecular flexibility index (Phi) is 11.5. The lowest BCUT2D eigenvalue weighted by Gasteiger charge is -2.26. The predicted octanol–water partition coefficient (Wildman–Crippen LogP) is 5.88. The Morgan fingerprint density at radius 1 is 1.03 bits per heavy atom. The highest BCUT2D eigenvalue weighted by atomic mass is 35.5. The van der Waals surface area contributed by atoms with Gasteiger partial charge in [-0.3, -0.25) is 4.79 Å². The van der Waals surface area contributed by atoms with Crippen molar-refractivity contribution in [3.05, 3.63) is 39.9 Å². The van der Waals surface area contributed by atoms with Gasteiger partial charge in [0.2, 0.25) is 0 Å². The zero-order valence-electron chi connectivity index (χ0n) is 18.2. The zero-order chi connectivity index (χ0) is 21.9. The van der Waals surface area contributed by atoms with Gasteiger partial charge < -0.3 is 18.0 Å². The van der Waals surface area contributed by atoms with Gasteiger partial charge in [-0.2, -0.15) is 0 Å². The fourth-order valence-electron chi connectivity index (χ4n) is 2.32. The van der Waals surface area contributed by atoms with Crippen LogP contribution in [0.25, 0.3) is 0 Å². The molecule has 1 rings (SSSR count). The van der Waals surface area contributed by atoms with E-state index in [1.165, 1.54) is 0 Å². The molecule has 0 amide bonds. The molecule has 0 saturated heterocycles. The second-order valence-electron chi connectivity index (χ2n) is 7.21. The Labute approximate surface area is 185 Å². The number of ether oxygens (including phenoxy) is 1. The van der Waals surface area contributed by atoms with Crippen molar-refractivity contribution in [1.82, 2.24) is 0 Å². The Balaban J connectivity index is 3.09. The van der Waals surface area contributed by atoms with Crippen molar-refractivity contribution in [2.45, 2.75) is 52.9 Å². The number of benzene rings is 1. The second-order valence-corrected chi connectivity index (χ2v) is 11.2. The van der Waals surface area contributed by atoms with E-state index < -0.39 is 14.2 Å². The summed E-state index contributed by atoms with van der Waals surface area (Å²) < 4.78 is 23.3. The van der Waals surface area contributed by atoms with E-state index in [9.17, 15) is 4.79 Å². The molecule has 0 aromatic heterocycles. The quantitative estimate of drug-likeness (QED) is 0.220. The molecule has 8 heteroatoms.